The standard InChI is InChI=1S/C15H27N3O/c1-15(2,3)14-11(10-18(4)17-14)9-16-12-6-5-7-13(19)8-12/h10,12-13,16,19H,5-9H2,1-4H3. The molecule has 1 aromatic heterocycles. The summed E-state index contributed by atoms with van der Waals surface area (Å²) in [7, 11) is 1.98. The van der Waals surface area contributed by atoms with Gasteiger partial charge in [-0.15, -0.1) is 0 Å². The van der Waals surface area contributed by atoms with Gasteiger partial charge in [-0.2, -0.15) is 5.10 Å². The largest absolute Gasteiger partial charge is 0.393 e. The summed E-state index contributed by atoms with van der Waals surface area (Å²) in [5.41, 5.74) is 2.51. The van der Waals surface area contributed by atoms with E-state index in [0.717, 1.165) is 25.8 Å². The molecular weight excluding hydrogens is 238 g/mol. The fourth-order valence-electron chi connectivity index (χ4n) is 2.90. The molecule has 0 radical (unpaired) electrons. The van der Waals surface area contributed by atoms with Gasteiger partial charge in [0.05, 0.1) is 11.8 Å². The molecule has 1 aliphatic rings. The Morgan fingerprint density at radius 2 is 2.16 bits per heavy atom. The summed E-state index contributed by atoms with van der Waals surface area (Å²) in [6.45, 7) is 7.44. The molecule has 2 N–H and O–H groups in total. The van der Waals surface area contributed by atoms with Gasteiger partial charge in [-0.05, 0) is 25.7 Å². The molecule has 0 aliphatic heterocycles. The number of aromatic nitrogens is 2. The Balaban J connectivity index is 1.99. The maximum Gasteiger partial charge on any atom is 0.0722 e. The van der Waals surface area contributed by atoms with Crippen molar-refractivity contribution < 1.29 is 5.11 Å². The first kappa shape index (κ1) is 14.5. The molecule has 1 fully saturated rings. The number of aliphatic hydroxyl groups excluding tert-OH is 1. The highest BCUT2D eigenvalue weighted by atomic mass is 16.3. The Bertz CT molecular complexity index is 420. The molecule has 1 saturated carbocycles. The predicted octanol–water partition coefficient (Wildman–Crippen LogP) is 2.11. The van der Waals surface area contributed by atoms with Crippen LogP contribution in [0.3, 0.4) is 0 Å². The number of aliphatic hydroxyl groups is 1. The van der Waals surface area contributed by atoms with Gasteiger partial charge in [-0.3, -0.25) is 4.68 Å². The average molecular weight is 265 g/mol. The molecule has 2 atom stereocenters. The highest BCUT2D eigenvalue weighted by Crippen LogP contribution is 2.25. The average Bonchev–Trinajstić information content (AvgIpc) is 2.68. The lowest BCUT2D eigenvalue weighted by molar-refractivity contribution is 0.111. The van der Waals surface area contributed by atoms with Crippen LogP contribution in [-0.4, -0.2) is 27.0 Å². The number of rotatable bonds is 3. The molecule has 4 heteroatoms. The number of aryl methyl sites for hydroxylation is 1. The first-order valence-corrected chi connectivity index (χ1v) is 7.30. The molecule has 0 spiro atoms. The normalized spacial score (nSPS) is 24.7. The van der Waals surface area contributed by atoms with E-state index in [1.54, 1.807) is 0 Å². The summed E-state index contributed by atoms with van der Waals surface area (Å²) in [5, 5.41) is 17.9. The highest BCUT2D eigenvalue weighted by molar-refractivity contribution is 5.24. The Kier molecular flexibility index (Phi) is 4.31. The Hall–Kier alpha value is -0.870. The van der Waals surface area contributed by atoms with Gasteiger partial charge in [-0.1, -0.05) is 20.8 Å². The third-order valence-corrected chi connectivity index (χ3v) is 3.84. The van der Waals surface area contributed by atoms with Crippen LogP contribution in [0.5, 0.6) is 0 Å². The van der Waals surface area contributed by atoms with Gasteiger partial charge < -0.3 is 10.4 Å². The molecule has 2 rings (SSSR count). The van der Waals surface area contributed by atoms with E-state index in [0.29, 0.717) is 6.04 Å². The van der Waals surface area contributed by atoms with Crippen molar-refractivity contribution in [2.45, 2.75) is 70.6 Å². The van der Waals surface area contributed by atoms with Gasteiger partial charge in [-0.25, -0.2) is 0 Å². The SMILES string of the molecule is Cn1cc(CNC2CCCC(O)C2)c(C(C)(C)C)n1. The van der Waals surface area contributed by atoms with Crippen molar-refractivity contribution >= 4 is 0 Å². The highest BCUT2D eigenvalue weighted by Gasteiger charge is 2.23. The van der Waals surface area contributed by atoms with Gasteiger partial charge in [0.2, 0.25) is 0 Å². The maximum absolute atomic E-state index is 9.71. The fraction of sp³-hybridized carbons (Fsp3) is 0.800. The minimum atomic E-state index is -0.123. The lowest BCUT2D eigenvalue weighted by atomic mass is 9.89. The number of nitrogens with zero attached hydrogens (tertiary/aromatic N) is 2. The third kappa shape index (κ3) is 3.80. The molecule has 0 bridgehead atoms. The van der Waals surface area contributed by atoms with Crippen LogP contribution in [0.2, 0.25) is 0 Å². The van der Waals surface area contributed by atoms with Gasteiger partial charge in [0, 0.05) is 36.8 Å². The zero-order valence-corrected chi connectivity index (χ0v) is 12.6. The van der Waals surface area contributed by atoms with E-state index in [-0.39, 0.29) is 11.5 Å². The number of hydrogen-bond donors (Lipinski definition) is 2. The fourth-order valence-corrected chi connectivity index (χ4v) is 2.90. The van der Waals surface area contributed by atoms with E-state index in [1.165, 1.54) is 17.7 Å². The number of nitrogens with one attached hydrogen (secondary N) is 1. The van der Waals surface area contributed by atoms with Crippen molar-refractivity contribution in [2.75, 3.05) is 0 Å². The number of hydrogen-bond acceptors (Lipinski definition) is 3. The summed E-state index contributed by atoms with van der Waals surface area (Å²) in [6, 6.07) is 0.441. The summed E-state index contributed by atoms with van der Waals surface area (Å²) in [4.78, 5) is 0. The minimum Gasteiger partial charge on any atom is -0.393 e. The molecule has 1 aliphatic carbocycles. The first-order valence-electron chi connectivity index (χ1n) is 7.30. The van der Waals surface area contributed by atoms with E-state index in [1.807, 2.05) is 11.7 Å². The van der Waals surface area contributed by atoms with Crippen molar-refractivity contribution in [3.63, 3.8) is 0 Å². The summed E-state index contributed by atoms with van der Waals surface area (Å²) in [6.07, 6.45) is 6.11. The van der Waals surface area contributed by atoms with Crippen LogP contribution in [-0.2, 0) is 19.0 Å². The smallest absolute Gasteiger partial charge is 0.0722 e. The van der Waals surface area contributed by atoms with Gasteiger partial charge in [0.1, 0.15) is 0 Å². The molecule has 0 aromatic carbocycles. The monoisotopic (exact) mass is 265 g/mol. The van der Waals surface area contributed by atoms with Crippen molar-refractivity contribution in [1.82, 2.24) is 15.1 Å². The van der Waals surface area contributed by atoms with Crippen LogP contribution >= 0.6 is 0 Å². The lowest BCUT2D eigenvalue weighted by Gasteiger charge is -2.27. The minimum absolute atomic E-state index is 0.0738. The van der Waals surface area contributed by atoms with E-state index >= 15 is 0 Å². The molecule has 19 heavy (non-hydrogen) atoms. The lowest BCUT2D eigenvalue weighted by Crippen LogP contribution is -2.36. The molecule has 0 amide bonds. The van der Waals surface area contributed by atoms with E-state index in [4.69, 9.17) is 0 Å². The maximum atomic E-state index is 9.71. The summed E-state index contributed by atoms with van der Waals surface area (Å²) >= 11 is 0. The second-order valence-corrected chi connectivity index (χ2v) is 6.82. The predicted molar refractivity (Wildman–Crippen MR) is 77.0 cm³/mol. The first-order chi connectivity index (χ1) is 8.86. The van der Waals surface area contributed by atoms with Crippen LogP contribution in [0.25, 0.3) is 0 Å². The van der Waals surface area contributed by atoms with Crippen LogP contribution < -0.4 is 5.32 Å². The van der Waals surface area contributed by atoms with Crippen molar-refractivity contribution in [3.8, 4) is 0 Å². The van der Waals surface area contributed by atoms with Gasteiger partial charge >= 0.3 is 0 Å². The van der Waals surface area contributed by atoms with Gasteiger partial charge in [0.15, 0.2) is 0 Å². The topological polar surface area (TPSA) is 50.1 Å². The Morgan fingerprint density at radius 3 is 2.79 bits per heavy atom. The quantitative estimate of drug-likeness (QED) is 0.880. The van der Waals surface area contributed by atoms with Crippen LogP contribution in [0.15, 0.2) is 6.20 Å². The molecule has 1 heterocycles. The molecule has 1 aromatic rings. The molecule has 108 valence electrons. The Labute approximate surface area is 116 Å². The molecule has 2 unspecified atom stereocenters. The summed E-state index contributed by atoms with van der Waals surface area (Å²) in [5.74, 6) is 0. The zero-order chi connectivity index (χ0) is 14.0. The van der Waals surface area contributed by atoms with Crippen molar-refractivity contribution in [3.05, 3.63) is 17.5 Å². The van der Waals surface area contributed by atoms with Crippen LogP contribution in [0.4, 0.5) is 0 Å². The van der Waals surface area contributed by atoms with E-state index in [2.05, 4.69) is 37.4 Å². The van der Waals surface area contributed by atoms with E-state index in [9.17, 15) is 5.11 Å². The third-order valence-electron chi connectivity index (χ3n) is 3.84. The summed E-state index contributed by atoms with van der Waals surface area (Å²) < 4.78 is 1.90. The molecule has 4 nitrogen and oxygen atoms in total. The Morgan fingerprint density at radius 1 is 1.42 bits per heavy atom. The molecule has 0 saturated heterocycles. The van der Waals surface area contributed by atoms with Gasteiger partial charge in [0.25, 0.3) is 0 Å². The van der Waals surface area contributed by atoms with Crippen LogP contribution in [0, 0.1) is 0 Å². The second-order valence-electron chi connectivity index (χ2n) is 6.82. The van der Waals surface area contributed by atoms with E-state index < -0.39 is 0 Å². The van der Waals surface area contributed by atoms with Crippen molar-refractivity contribution in [1.29, 1.82) is 0 Å². The second kappa shape index (κ2) is 5.63. The van der Waals surface area contributed by atoms with Crippen molar-refractivity contribution in [2.24, 2.45) is 7.05 Å². The molecular formula is C15H27N3O. The zero-order valence-electron chi connectivity index (χ0n) is 12.6. The van der Waals surface area contributed by atoms with Crippen LogP contribution in [0.1, 0.15) is 57.7 Å².